The highest BCUT2D eigenvalue weighted by Crippen LogP contribution is 2.26. The van der Waals surface area contributed by atoms with Crippen LogP contribution in [0.4, 0.5) is 4.79 Å². The Balaban J connectivity index is 1.27. The number of unbranched alkanes of at least 4 members (excludes halogenated alkanes) is 3. The van der Waals surface area contributed by atoms with Crippen LogP contribution in [0.2, 0.25) is 0 Å². The van der Waals surface area contributed by atoms with Crippen LogP contribution < -0.4 is 0 Å². The van der Waals surface area contributed by atoms with Gasteiger partial charge in [-0.25, -0.2) is 4.79 Å². The summed E-state index contributed by atoms with van der Waals surface area (Å²) in [5.41, 5.74) is 1.01. The molecule has 1 amide bonds. The molecule has 0 radical (unpaired) electrons. The van der Waals surface area contributed by atoms with E-state index in [9.17, 15) is 4.79 Å². The van der Waals surface area contributed by atoms with E-state index >= 15 is 0 Å². The molecule has 0 aromatic heterocycles. The summed E-state index contributed by atoms with van der Waals surface area (Å²) in [6.07, 6.45) is 13.7. The van der Waals surface area contributed by atoms with Crippen molar-refractivity contribution in [3.05, 3.63) is 48.6 Å². The lowest BCUT2D eigenvalue weighted by molar-refractivity contribution is 0.00492. The molecule has 1 aliphatic carbocycles. The number of likely N-dealkylation sites (tertiary alicyclic amines) is 1. The molecule has 0 spiro atoms. The normalized spacial score (nSPS) is 21.4. The number of benzene rings is 1. The van der Waals surface area contributed by atoms with Gasteiger partial charge in [-0.1, -0.05) is 49.2 Å². The fraction of sp³-hybridized carbons (Fsp3) is 0.667. The van der Waals surface area contributed by atoms with Gasteiger partial charge in [0.25, 0.3) is 0 Å². The average Bonchev–Trinajstić information content (AvgIpc) is 3.35. The first-order valence-electron chi connectivity index (χ1n) is 12.7. The van der Waals surface area contributed by atoms with Crippen LogP contribution >= 0.6 is 0 Å². The highest BCUT2D eigenvalue weighted by molar-refractivity contribution is 5.68. The summed E-state index contributed by atoms with van der Waals surface area (Å²) >= 11 is 0. The second kappa shape index (κ2) is 14.3. The summed E-state index contributed by atoms with van der Waals surface area (Å²) in [6.45, 7) is 9.43. The molecule has 2 fully saturated rings. The number of nitrogens with zero attached hydrogens (tertiary/aromatic N) is 2. The fourth-order valence-corrected chi connectivity index (χ4v) is 4.88. The minimum atomic E-state index is -0.243. The number of carbonyl (C=O) groups excluding carboxylic acids is 1. The zero-order valence-electron chi connectivity index (χ0n) is 19.8. The number of rotatable bonds is 13. The Labute approximate surface area is 194 Å². The summed E-state index contributed by atoms with van der Waals surface area (Å²) in [5, 5.41) is 0. The van der Waals surface area contributed by atoms with Gasteiger partial charge in [0.05, 0.1) is 6.10 Å². The predicted molar refractivity (Wildman–Crippen MR) is 130 cm³/mol. The first-order chi connectivity index (χ1) is 15.8. The molecule has 3 rings (SSSR count). The van der Waals surface area contributed by atoms with Crippen LogP contribution in [0.5, 0.6) is 0 Å². The predicted octanol–water partition coefficient (Wildman–Crippen LogP) is 5.80. The maximum Gasteiger partial charge on any atom is 0.410 e. The summed E-state index contributed by atoms with van der Waals surface area (Å²) in [5.74, 6) is 0. The molecule has 1 aromatic carbocycles. The molecule has 0 bridgehead atoms. The molecule has 0 N–H and O–H groups in total. The van der Waals surface area contributed by atoms with Crippen molar-refractivity contribution < 1.29 is 14.3 Å². The SMILES string of the molecule is C=CCN(C(=O)OCc1ccccc1)C1CCC(OCCCCCCN2CCCC2)CC1. The first kappa shape index (κ1) is 24.8. The Morgan fingerprint density at radius 2 is 1.75 bits per heavy atom. The van der Waals surface area contributed by atoms with Crippen LogP contribution in [0.25, 0.3) is 0 Å². The van der Waals surface area contributed by atoms with Crippen molar-refractivity contribution in [2.45, 2.75) is 83.0 Å². The van der Waals surface area contributed by atoms with E-state index in [1.807, 2.05) is 35.2 Å². The lowest BCUT2D eigenvalue weighted by Gasteiger charge is -2.35. The second-order valence-electron chi connectivity index (χ2n) is 9.25. The van der Waals surface area contributed by atoms with Gasteiger partial charge in [-0.05, 0) is 76.6 Å². The van der Waals surface area contributed by atoms with Gasteiger partial charge < -0.3 is 19.3 Å². The maximum absolute atomic E-state index is 12.7. The standard InChI is InChI=1S/C27H42N2O3/c1-2-18-29(27(30)32-23-24-12-6-5-7-13-24)25-14-16-26(17-15-25)31-22-11-4-3-8-19-28-20-9-10-21-28/h2,5-7,12-13,25-26H,1,3-4,8-11,14-23H2. The molecular formula is C27H42N2O3. The smallest absolute Gasteiger partial charge is 0.410 e. The molecule has 0 unspecified atom stereocenters. The molecule has 1 saturated carbocycles. The molecule has 32 heavy (non-hydrogen) atoms. The van der Waals surface area contributed by atoms with Gasteiger partial charge in [0, 0.05) is 19.2 Å². The van der Waals surface area contributed by atoms with E-state index in [1.54, 1.807) is 6.08 Å². The third-order valence-corrected chi connectivity index (χ3v) is 6.77. The number of amides is 1. The van der Waals surface area contributed by atoms with E-state index < -0.39 is 0 Å². The lowest BCUT2D eigenvalue weighted by Crippen LogP contribution is -2.43. The van der Waals surface area contributed by atoms with E-state index in [4.69, 9.17) is 9.47 Å². The van der Waals surface area contributed by atoms with Crippen molar-refractivity contribution in [2.24, 2.45) is 0 Å². The Morgan fingerprint density at radius 3 is 2.47 bits per heavy atom. The van der Waals surface area contributed by atoms with Gasteiger partial charge in [0.15, 0.2) is 0 Å². The topological polar surface area (TPSA) is 42.0 Å². The molecule has 0 atom stereocenters. The Kier molecular flexibility index (Phi) is 11.1. The van der Waals surface area contributed by atoms with Crippen LogP contribution in [-0.4, -0.2) is 60.8 Å². The van der Waals surface area contributed by atoms with Crippen LogP contribution in [0.1, 0.15) is 69.8 Å². The van der Waals surface area contributed by atoms with Crippen molar-refractivity contribution in [1.29, 1.82) is 0 Å². The molecule has 178 valence electrons. The third kappa shape index (κ3) is 8.59. The van der Waals surface area contributed by atoms with Crippen molar-refractivity contribution in [2.75, 3.05) is 32.8 Å². The number of ether oxygens (including phenoxy) is 2. The molecule has 2 aliphatic rings. The molecule has 1 aromatic rings. The van der Waals surface area contributed by atoms with Crippen LogP contribution in [0.3, 0.4) is 0 Å². The quantitative estimate of drug-likeness (QED) is 0.286. The molecule has 1 aliphatic heterocycles. The molecule has 5 heteroatoms. The van der Waals surface area contributed by atoms with Crippen LogP contribution in [0, 0.1) is 0 Å². The molecular weight excluding hydrogens is 400 g/mol. The third-order valence-electron chi connectivity index (χ3n) is 6.77. The fourth-order valence-electron chi connectivity index (χ4n) is 4.88. The van der Waals surface area contributed by atoms with Crippen LogP contribution in [0.15, 0.2) is 43.0 Å². The number of hydrogen-bond acceptors (Lipinski definition) is 4. The Morgan fingerprint density at radius 1 is 1.03 bits per heavy atom. The summed E-state index contributed by atoms with van der Waals surface area (Å²) in [4.78, 5) is 17.1. The van der Waals surface area contributed by atoms with Crippen LogP contribution in [-0.2, 0) is 16.1 Å². The van der Waals surface area contributed by atoms with E-state index in [0.29, 0.717) is 19.3 Å². The monoisotopic (exact) mass is 442 g/mol. The minimum Gasteiger partial charge on any atom is -0.445 e. The Hall–Kier alpha value is -1.85. The van der Waals surface area contributed by atoms with Gasteiger partial charge >= 0.3 is 6.09 Å². The maximum atomic E-state index is 12.7. The zero-order chi connectivity index (χ0) is 22.4. The van der Waals surface area contributed by atoms with E-state index in [-0.39, 0.29) is 12.1 Å². The van der Waals surface area contributed by atoms with Crippen molar-refractivity contribution in [3.8, 4) is 0 Å². The Bertz CT molecular complexity index is 652. The van der Waals surface area contributed by atoms with E-state index in [1.165, 1.54) is 51.7 Å². The zero-order valence-corrected chi connectivity index (χ0v) is 19.8. The van der Waals surface area contributed by atoms with Gasteiger partial charge in [-0.2, -0.15) is 0 Å². The van der Waals surface area contributed by atoms with Crippen molar-refractivity contribution in [3.63, 3.8) is 0 Å². The molecule has 5 nitrogen and oxygen atoms in total. The lowest BCUT2D eigenvalue weighted by atomic mass is 9.92. The van der Waals surface area contributed by atoms with Gasteiger partial charge in [-0.15, -0.1) is 6.58 Å². The first-order valence-corrected chi connectivity index (χ1v) is 12.7. The second-order valence-corrected chi connectivity index (χ2v) is 9.25. The summed E-state index contributed by atoms with van der Waals surface area (Å²) in [7, 11) is 0. The van der Waals surface area contributed by atoms with E-state index in [2.05, 4.69) is 11.5 Å². The summed E-state index contributed by atoms with van der Waals surface area (Å²) in [6, 6.07) is 10.0. The largest absolute Gasteiger partial charge is 0.445 e. The molecule has 1 heterocycles. The van der Waals surface area contributed by atoms with Gasteiger partial charge in [0.2, 0.25) is 0 Å². The number of hydrogen-bond donors (Lipinski definition) is 0. The summed E-state index contributed by atoms with van der Waals surface area (Å²) < 4.78 is 11.7. The van der Waals surface area contributed by atoms with Crippen molar-refractivity contribution >= 4 is 6.09 Å². The van der Waals surface area contributed by atoms with Crippen molar-refractivity contribution in [1.82, 2.24) is 9.80 Å². The number of carbonyl (C=O) groups is 1. The highest BCUT2D eigenvalue weighted by atomic mass is 16.6. The van der Waals surface area contributed by atoms with Gasteiger partial charge in [-0.3, -0.25) is 0 Å². The minimum absolute atomic E-state index is 0.210. The molecule has 1 saturated heterocycles. The van der Waals surface area contributed by atoms with Gasteiger partial charge in [0.1, 0.15) is 6.61 Å². The highest BCUT2D eigenvalue weighted by Gasteiger charge is 2.29. The average molecular weight is 443 g/mol. The van der Waals surface area contributed by atoms with E-state index in [0.717, 1.165) is 44.3 Å².